The van der Waals surface area contributed by atoms with E-state index in [0.29, 0.717) is 6.67 Å². The molecule has 192 valence electrons. The second kappa shape index (κ2) is 12.8. The monoisotopic (exact) mass is 489 g/mol. The Kier molecular flexibility index (Phi) is 9.53. The molecule has 0 aliphatic carbocycles. The first-order valence-corrected chi connectivity index (χ1v) is 12.2. The van der Waals surface area contributed by atoms with E-state index in [4.69, 9.17) is 4.74 Å². The summed E-state index contributed by atoms with van der Waals surface area (Å²) in [5.41, 5.74) is 6.01. The van der Waals surface area contributed by atoms with E-state index in [1.165, 1.54) is 5.52 Å². The van der Waals surface area contributed by atoms with Crippen LogP contribution in [-0.4, -0.2) is 77.5 Å². The number of anilines is 3. The van der Waals surface area contributed by atoms with Gasteiger partial charge in [0, 0.05) is 68.7 Å². The average molecular weight is 490 g/mol. The van der Waals surface area contributed by atoms with Crippen LogP contribution in [-0.2, 0) is 6.54 Å². The lowest BCUT2D eigenvalue weighted by Crippen LogP contribution is -2.29. The molecular formula is C28H39N7O. The fourth-order valence-electron chi connectivity index (χ4n) is 4.11. The van der Waals surface area contributed by atoms with Gasteiger partial charge in [-0.05, 0) is 45.9 Å². The lowest BCUT2D eigenvalue weighted by atomic mass is 10.1. The van der Waals surface area contributed by atoms with Gasteiger partial charge in [0.05, 0.1) is 29.9 Å². The SMILES string of the molecule is C=N/C(=C\C=N/CNc1cc(NC)c(N(C)CCN(C)C)cc1OC)c1cn(CC)c2ccccc12. The molecule has 0 unspecified atom stereocenters. The van der Waals surface area contributed by atoms with Gasteiger partial charge in [0.25, 0.3) is 0 Å². The zero-order valence-electron chi connectivity index (χ0n) is 22.4. The van der Waals surface area contributed by atoms with E-state index in [-0.39, 0.29) is 0 Å². The highest BCUT2D eigenvalue weighted by atomic mass is 16.5. The molecule has 3 aromatic rings. The summed E-state index contributed by atoms with van der Waals surface area (Å²) in [6, 6.07) is 12.4. The molecule has 36 heavy (non-hydrogen) atoms. The molecule has 0 bridgehead atoms. The summed E-state index contributed by atoms with van der Waals surface area (Å²) in [4.78, 5) is 13.2. The van der Waals surface area contributed by atoms with Gasteiger partial charge in [0.1, 0.15) is 12.4 Å². The fourth-order valence-corrected chi connectivity index (χ4v) is 4.11. The Morgan fingerprint density at radius 3 is 2.58 bits per heavy atom. The minimum atomic E-state index is 0.396. The molecule has 0 saturated heterocycles. The summed E-state index contributed by atoms with van der Waals surface area (Å²) in [7, 11) is 9.86. The number of fused-ring (bicyclic) bond motifs is 1. The first-order chi connectivity index (χ1) is 17.4. The van der Waals surface area contributed by atoms with Crippen LogP contribution in [0.4, 0.5) is 17.1 Å². The predicted molar refractivity (Wildman–Crippen MR) is 156 cm³/mol. The van der Waals surface area contributed by atoms with Crippen LogP contribution in [0.2, 0.25) is 0 Å². The van der Waals surface area contributed by atoms with Gasteiger partial charge in [-0.15, -0.1) is 0 Å². The summed E-state index contributed by atoms with van der Waals surface area (Å²) < 4.78 is 7.89. The van der Waals surface area contributed by atoms with Crippen LogP contribution in [0.1, 0.15) is 12.5 Å². The van der Waals surface area contributed by atoms with Gasteiger partial charge in [-0.1, -0.05) is 18.2 Å². The molecule has 8 nitrogen and oxygen atoms in total. The summed E-state index contributed by atoms with van der Waals surface area (Å²) in [6.07, 6.45) is 5.79. The van der Waals surface area contributed by atoms with Crippen molar-refractivity contribution in [3.05, 3.63) is 54.2 Å². The van der Waals surface area contributed by atoms with Crippen molar-refractivity contribution in [2.24, 2.45) is 9.98 Å². The molecule has 0 fully saturated rings. The van der Waals surface area contributed by atoms with Gasteiger partial charge < -0.3 is 29.7 Å². The summed E-state index contributed by atoms with van der Waals surface area (Å²) in [5, 5.41) is 7.82. The Morgan fingerprint density at radius 1 is 1.14 bits per heavy atom. The number of hydrogen-bond acceptors (Lipinski definition) is 7. The number of aromatic nitrogens is 1. The molecule has 8 heteroatoms. The molecule has 0 aliphatic heterocycles. The standard InChI is InChI=1S/C28H39N7O/c1-8-35-19-22(21-11-9-10-12-26(21)35)23(29-2)13-14-31-20-32-25-17-24(30-3)27(18-28(25)36-7)34(6)16-15-33(4)5/h9-14,17-19,30,32H,2,8,15-16,20H2,1,3-7H3/b23-13-,31-14-. The number of aliphatic imine (C=N–C) groups is 2. The number of methoxy groups -OCH3 is 1. The normalized spacial score (nSPS) is 11.9. The predicted octanol–water partition coefficient (Wildman–Crippen LogP) is 4.89. The quantitative estimate of drug-likeness (QED) is 0.335. The number of ether oxygens (including phenoxy) is 1. The highest BCUT2D eigenvalue weighted by Crippen LogP contribution is 2.36. The van der Waals surface area contributed by atoms with Crippen LogP contribution in [0.3, 0.4) is 0 Å². The Hall–Kier alpha value is -3.78. The second-order valence-corrected chi connectivity index (χ2v) is 8.77. The number of nitrogens with zero attached hydrogens (tertiary/aromatic N) is 5. The minimum Gasteiger partial charge on any atom is -0.495 e. The van der Waals surface area contributed by atoms with Crippen molar-refractivity contribution in [1.29, 1.82) is 0 Å². The summed E-state index contributed by atoms with van der Waals surface area (Å²) >= 11 is 0. The molecule has 3 rings (SSSR count). The van der Waals surface area contributed by atoms with Crippen molar-refractivity contribution in [2.45, 2.75) is 13.5 Å². The van der Waals surface area contributed by atoms with E-state index in [9.17, 15) is 0 Å². The molecule has 1 aromatic heterocycles. The maximum Gasteiger partial charge on any atom is 0.144 e. The van der Waals surface area contributed by atoms with Crippen molar-refractivity contribution in [2.75, 3.05) is 70.6 Å². The molecule has 0 amide bonds. The molecule has 0 saturated carbocycles. The molecule has 0 aliphatic rings. The second-order valence-electron chi connectivity index (χ2n) is 8.77. The third-order valence-corrected chi connectivity index (χ3v) is 6.16. The number of likely N-dealkylation sites (N-methyl/N-ethyl adjacent to an activating group) is 2. The fraction of sp³-hybridized carbons (Fsp3) is 0.357. The lowest BCUT2D eigenvalue weighted by molar-refractivity contribution is 0.413. The Bertz CT molecular complexity index is 1230. The van der Waals surface area contributed by atoms with E-state index in [1.807, 2.05) is 19.2 Å². The largest absolute Gasteiger partial charge is 0.495 e. The Balaban J connectivity index is 1.74. The van der Waals surface area contributed by atoms with E-state index < -0.39 is 0 Å². The lowest BCUT2D eigenvalue weighted by Gasteiger charge is -2.25. The molecule has 0 spiro atoms. The number of allylic oxidation sites excluding steroid dienone is 1. The van der Waals surface area contributed by atoms with Crippen molar-refractivity contribution >= 4 is 46.6 Å². The zero-order valence-corrected chi connectivity index (χ0v) is 22.4. The first-order valence-electron chi connectivity index (χ1n) is 12.2. The third kappa shape index (κ3) is 6.26. The number of para-hydroxylation sites is 1. The average Bonchev–Trinajstić information content (AvgIpc) is 3.27. The van der Waals surface area contributed by atoms with Gasteiger partial charge in [0.2, 0.25) is 0 Å². The van der Waals surface area contributed by atoms with Crippen molar-refractivity contribution in [3.8, 4) is 5.75 Å². The number of aryl methyl sites for hydroxylation is 1. The maximum atomic E-state index is 5.67. The smallest absolute Gasteiger partial charge is 0.144 e. The molecule has 2 aromatic carbocycles. The molecule has 0 atom stereocenters. The zero-order chi connectivity index (χ0) is 26.1. The number of hydrogen-bond donors (Lipinski definition) is 2. The van der Waals surface area contributed by atoms with Crippen molar-refractivity contribution in [3.63, 3.8) is 0 Å². The Morgan fingerprint density at radius 2 is 1.92 bits per heavy atom. The summed E-state index contributed by atoms with van der Waals surface area (Å²) in [6.45, 7) is 9.07. The van der Waals surface area contributed by atoms with Crippen LogP contribution in [0.25, 0.3) is 16.6 Å². The van der Waals surface area contributed by atoms with E-state index in [2.05, 4.69) is 106 Å². The van der Waals surface area contributed by atoms with E-state index in [1.54, 1.807) is 13.3 Å². The topological polar surface area (TPSA) is 69.4 Å². The molecule has 2 N–H and O–H groups in total. The highest BCUT2D eigenvalue weighted by molar-refractivity contribution is 5.97. The molecular weight excluding hydrogens is 450 g/mol. The van der Waals surface area contributed by atoms with Gasteiger partial charge in [-0.25, -0.2) is 0 Å². The maximum absolute atomic E-state index is 5.67. The van der Waals surface area contributed by atoms with Crippen LogP contribution in [0.5, 0.6) is 5.75 Å². The van der Waals surface area contributed by atoms with E-state index >= 15 is 0 Å². The van der Waals surface area contributed by atoms with Crippen molar-refractivity contribution in [1.82, 2.24) is 9.47 Å². The summed E-state index contributed by atoms with van der Waals surface area (Å²) in [5.74, 6) is 0.771. The van der Waals surface area contributed by atoms with Crippen molar-refractivity contribution < 1.29 is 4.74 Å². The van der Waals surface area contributed by atoms with Gasteiger partial charge in [0.15, 0.2) is 0 Å². The minimum absolute atomic E-state index is 0.396. The van der Waals surface area contributed by atoms with Crippen LogP contribution >= 0.6 is 0 Å². The van der Waals surface area contributed by atoms with Crippen LogP contribution in [0, 0.1) is 0 Å². The van der Waals surface area contributed by atoms with Gasteiger partial charge in [-0.3, -0.25) is 9.98 Å². The number of rotatable bonds is 13. The van der Waals surface area contributed by atoms with Crippen LogP contribution < -0.4 is 20.3 Å². The van der Waals surface area contributed by atoms with Gasteiger partial charge in [-0.2, -0.15) is 0 Å². The third-order valence-electron chi connectivity index (χ3n) is 6.16. The highest BCUT2D eigenvalue weighted by Gasteiger charge is 2.13. The molecule has 1 heterocycles. The first kappa shape index (κ1) is 26.8. The number of nitrogens with one attached hydrogen (secondary N) is 2. The number of benzene rings is 2. The van der Waals surface area contributed by atoms with Gasteiger partial charge >= 0.3 is 0 Å². The Labute approximate surface area is 215 Å². The van der Waals surface area contributed by atoms with E-state index in [0.717, 1.165) is 59.1 Å². The molecule has 0 radical (unpaired) electrons. The van der Waals surface area contributed by atoms with Crippen LogP contribution in [0.15, 0.2) is 58.7 Å².